The molecule has 1 saturated heterocycles. The predicted molar refractivity (Wildman–Crippen MR) is 113 cm³/mol. The van der Waals surface area contributed by atoms with Gasteiger partial charge in [0.1, 0.15) is 4.60 Å². The molecule has 0 radical (unpaired) electrons. The Morgan fingerprint density at radius 1 is 1.41 bits per heavy atom. The molecule has 1 unspecified atom stereocenters. The lowest BCUT2D eigenvalue weighted by Crippen LogP contribution is -2.39. The van der Waals surface area contributed by atoms with Gasteiger partial charge in [0.25, 0.3) is 0 Å². The average Bonchev–Trinajstić information content (AvgIpc) is 3.14. The number of ether oxygens (including phenoxy) is 1. The second kappa shape index (κ2) is 8.77. The molecule has 0 spiro atoms. The quantitative estimate of drug-likeness (QED) is 0.625. The topological polar surface area (TPSA) is 84.7 Å². The minimum absolute atomic E-state index is 0.144. The van der Waals surface area contributed by atoms with Gasteiger partial charge in [0, 0.05) is 44.1 Å². The Balaban J connectivity index is 1.61. The predicted octanol–water partition coefficient (Wildman–Crippen LogP) is 3.83. The number of carbonyl (C=O) groups excluding carboxylic acids is 1. The summed E-state index contributed by atoms with van der Waals surface area (Å²) in [6.07, 6.45) is 8.99. The van der Waals surface area contributed by atoms with E-state index in [0.29, 0.717) is 25.5 Å². The van der Waals surface area contributed by atoms with E-state index in [9.17, 15) is 4.79 Å². The summed E-state index contributed by atoms with van der Waals surface area (Å²) in [6.45, 7) is 4.13. The number of carbonyl (C=O) groups is 1. The van der Waals surface area contributed by atoms with Crippen molar-refractivity contribution < 1.29 is 9.53 Å². The molecule has 1 aliphatic heterocycles. The van der Waals surface area contributed by atoms with E-state index >= 15 is 0 Å². The van der Waals surface area contributed by atoms with Crippen molar-refractivity contribution in [3.63, 3.8) is 0 Å². The molecule has 3 aromatic heterocycles. The molecule has 0 bridgehead atoms. The zero-order valence-corrected chi connectivity index (χ0v) is 17.8. The lowest BCUT2D eigenvalue weighted by Gasteiger charge is -2.31. The molecule has 1 fully saturated rings. The number of likely N-dealkylation sites (tertiary alicyclic amines) is 1. The van der Waals surface area contributed by atoms with Crippen LogP contribution < -0.4 is 5.32 Å². The van der Waals surface area contributed by atoms with Gasteiger partial charge in [-0.05, 0) is 47.3 Å². The number of nitrogens with zero attached hydrogens (tertiary/aromatic N) is 5. The van der Waals surface area contributed by atoms with Crippen LogP contribution in [0, 0.1) is 0 Å². The van der Waals surface area contributed by atoms with Crippen LogP contribution >= 0.6 is 15.9 Å². The van der Waals surface area contributed by atoms with Crippen molar-refractivity contribution >= 4 is 33.5 Å². The molecule has 0 saturated carbocycles. The smallest absolute Gasteiger partial charge is 0.409 e. The van der Waals surface area contributed by atoms with Gasteiger partial charge in [-0.15, -0.1) is 0 Å². The number of rotatable bonds is 5. The van der Waals surface area contributed by atoms with Crippen molar-refractivity contribution in [1.82, 2.24) is 24.3 Å². The Kier molecular flexibility index (Phi) is 5.94. The molecule has 1 aliphatic rings. The maximum absolute atomic E-state index is 12.2. The molecule has 0 aliphatic carbocycles. The number of aromatic nitrogens is 4. The highest BCUT2D eigenvalue weighted by Crippen LogP contribution is 2.29. The highest BCUT2D eigenvalue weighted by molar-refractivity contribution is 9.10. The van der Waals surface area contributed by atoms with E-state index in [1.807, 2.05) is 35.9 Å². The third-order valence-electron chi connectivity index (χ3n) is 5.01. The van der Waals surface area contributed by atoms with Crippen molar-refractivity contribution in [2.45, 2.75) is 32.2 Å². The fourth-order valence-corrected chi connectivity index (χ4v) is 3.95. The second-order valence-electron chi connectivity index (χ2n) is 6.99. The highest BCUT2D eigenvalue weighted by atomic mass is 79.9. The number of halogens is 1. The number of fused-ring (bicyclic) bond motifs is 1. The third-order valence-corrected chi connectivity index (χ3v) is 5.60. The number of anilines is 1. The highest BCUT2D eigenvalue weighted by Gasteiger charge is 2.27. The maximum Gasteiger partial charge on any atom is 0.409 e. The fraction of sp³-hybridized carbons (Fsp3) is 0.400. The fourth-order valence-electron chi connectivity index (χ4n) is 3.58. The summed E-state index contributed by atoms with van der Waals surface area (Å²) in [4.78, 5) is 27.5. The lowest BCUT2D eigenvalue weighted by molar-refractivity contribution is 0.0955. The van der Waals surface area contributed by atoms with Gasteiger partial charge >= 0.3 is 6.09 Å². The minimum Gasteiger partial charge on any atom is -0.450 e. The molecular weight excluding hydrogens is 436 g/mol. The Morgan fingerprint density at radius 3 is 3.10 bits per heavy atom. The number of hydrogen-bond acceptors (Lipinski definition) is 6. The SMILES string of the molecule is CCOC(=O)N1CCCC(c2cn3c(Br)cnc3c(NCc3cccnc3)n2)C1. The van der Waals surface area contributed by atoms with Crippen LogP contribution in [0.15, 0.2) is 41.5 Å². The van der Waals surface area contributed by atoms with Crippen LogP contribution in [0.4, 0.5) is 10.6 Å². The van der Waals surface area contributed by atoms with Crippen LogP contribution in [-0.4, -0.2) is 50.0 Å². The molecular formula is C20H23BrN6O2. The van der Waals surface area contributed by atoms with E-state index in [0.717, 1.165) is 40.9 Å². The Bertz CT molecular complexity index is 993. The molecule has 29 heavy (non-hydrogen) atoms. The van der Waals surface area contributed by atoms with Crippen LogP contribution in [0.5, 0.6) is 0 Å². The van der Waals surface area contributed by atoms with Crippen LogP contribution in [0.2, 0.25) is 0 Å². The molecule has 1 N–H and O–H groups in total. The zero-order chi connectivity index (χ0) is 20.2. The molecule has 0 aromatic carbocycles. The first-order valence-electron chi connectivity index (χ1n) is 9.73. The summed E-state index contributed by atoms with van der Waals surface area (Å²) in [7, 11) is 0. The summed E-state index contributed by atoms with van der Waals surface area (Å²) in [5.41, 5.74) is 2.75. The number of pyridine rings is 1. The number of piperidine rings is 1. The van der Waals surface area contributed by atoms with E-state index in [1.165, 1.54) is 0 Å². The van der Waals surface area contributed by atoms with Gasteiger partial charge in [-0.3, -0.25) is 9.38 Å². The van der Waals surface area contributed by atoms with E-state index in [4.69, 9.17) is 9.72 Å². The van der Waals surface area contributed by atoms with Crippen LogP contribution in [0.1, 0.15) is 36.9 Å². The van der Waals surface area contributed by atoms with Gasteiger partial charge in [0.15, 0.2) is 11.5 Å². The van der Waals surface area contributed by atoms with Crippen molar-refractivity contribution in [2.24, 2.45) is 0 Å². The van der Waals surface area contributed by atoms with Gasteiger partial charge in [-0.2, -0.15) is 0 Å². The Labute approximate surface area is 177 Å². The van der Waals surface area contributed by atoms with Crippen molar-refractivity contribution in [1.29, 1.82) is 0 Å². The molecule has 152 valence electrons. The Hall–Kier alpha value is -2.68. The molecule has 3 aromatic rings. The molecule has 8 nitrogen and oxygen atoms in total. The van der Waals surface area contributed by atoms with Crippen molar-refractivity contribution in [2.75, 3.05) is 25.0 Å². The average molecular weight is 459 g/mol. The number of nitrogens with one attached hydrogen (secondary N) is 1. The zero-order valence-electron chi connectivity index (χ0n) is 16.2. The second-order valence-corrected chi connectivity index (χ2v) is 7.80. The molecule has 1 atom stereocenters. The van der Waals surface area contributed by atoms with E-state index in [-0.39, 0.29) is 12.0 Å². The number of imidazole rings is 1. The van der Waals surface area contributed by atoms with Gasteiger partial charge in [-0.1, -0.05) is 6.07 Å². The lowest BCUT2D eigenvalue weighted by atomic mass is 9.95. The van der Waals surface area contributed by atoms with Gasteiger partial charge in [-0.25, -0.2) is 14.8 Å². The molecule has 1 amide bonds. The van der Waals surface area contributed by atoms with Gasteiger partial charge < -0.3 is 15.0 Å². The summed E-state index contributed by atoms with van der Waals surface area (Å²) >= 11 is 3.56. The first kappa shape index (κ1) is 19.6. The van der Waals surface area contributed by atoms with Crippen LogP contribution in [0.25, 0.3) is 5.65 Å². The first-order chi connectivity index (χ1) is 14.2. The number of amides is 1. The maximum atomic E-state index is 12.2. The van der Waals surface area contributed by atoms with Gasteiger partial charge in [0.2, 0.25) is 0 Å². The largest absolute Gasteiger partial charge is 0.450 e. The monoisotopic (exact) mass is 458 g/mol. The number of hydrogen-bond donors (Lipinski definition) is 1. The van der Waals surface area contributed by atoms with E-state index in [1.54, 1.807) is 17.3 Å². The molecule has 9 heteroatoms. The third kappa shape index (κ3) is 4.34. The van der Waals surface area contributed by atoms with Crippen LogP contribution in [-0.2, 0) is 11.3 Å². The summed E-state index contributed by atoms with van der Waals surface area (Å²) in [6, 6.07) is 3.93. The van der Waals surface area contributed by atoms with E-state index < -0.39 is 0 Å². The molecule has 4 rings (SSSR count). The Morgan fingerprint density at radius 2 is 2.31 bits per heavy atom. The minimum atomic E-state index is -0.253. The molecule has 4 heterocycles. The normalized spacial score (nSPS) is 16.8. The van der Waals surface area contributed by atoms with Crippen molar-refractivity contribution in [3.8, 4) is 0 Å². The standard InChI is InChI=1S/C20H23BrN6O2/c1-2-29-20(28)26-8-4-6-15(12-26)16-13-27-17(21)11-24-19(27)18(25-16)23-10-14-5-3-7-22-9-14/h3,5,7,9,11,13,15H,2,4,6,8,10,12H2,1H3,(H,23,25). The summed E-state index contributed by atoms with van der Waals surface area (Å²) < 4.78 is 8.02. The summed E-state index contributed by atoms with van der Waals surface area (Å²) in [5, 5.41) is 3.39. The summed E-state index contributed by atoms with van der Waals surface area (Å²) in [5.74, 6) is 0.858. The van der Waals surface area contributed by atoms with Crippen molar-refractivity contribution in [3.05, 3.63) is 52.8 Å². The van der Waals surface area contributed by atoms with Crippen LogP contribution in [0.3, 0.4) is 0 Å². The van der Waals surface area contributed by atoms with E-state index in [2.05, 4.69) is 31.2 Å². The van der Waals surface area contributed by atoms with Gasteiger partial charge in [0.05, 0.1) is 18.5 Å². The first-order valence-corrected chi connectivity index (χ1v) is 10.5.